The summed E-state index contributed by atoms with van der Waals surface area (Å²) in [6.07, 6.45) is 0. The van der Waals surface area contributed by atoms with Crippen LogP contribution in [-0.4, -0.2) is 18.4 Å². The Morgan fingerprint density at radius 2 is 1.62 bits per heavy atom. The maximum absolute atomic E-state index is 12.6. The monoisotopic (exact) mass is 394 g/mol. The normalized spacial score (nSPS) is 11.0. The molecule has 2 N–H and O–H groups in total. The molecule has 0 saturated carbocycles. The highest BCUT2D eigenvalue weighted by Gasteiger charge is 2.36. The minimum atomic E-state index is -1.33. The fourth-order valence-corrected chi connectivity index (χ4v) is 2.42. The molecular weight excluding hydrogens is 375 g/mol. The maximum atomic E-state index is 12.6. The summed E-state index contributed by atoms with van der Waals surface area (Å²) in [6.45, 7) is 5.52. The zero-order valence-corrected chi connectivity index (χ0v) is 16.2. The molecule has 0 heterocycles. The second-order valence-electron chi connectivity index (χ2n) is 6.09. The summed E-state index contributed by atoms with van der Waals surface area (Å²) >= 11 is 12.0. The summed E-state index contributed by atoms with van der Waals surface area (Å²) in [4.78, 5) is 25.1. The summed E-state index contributed by atoms with van der Waals surface area (Å²) in [5.74, 6) is -0.236. The van der Waals surface area contributed by atoms with E-state index in [4.69, 9.17) is 27.9 Å². The molecule has 0 unspecified atom stereocenters. The predicted octanol–water partition coefficient (Wildman–Crippen LogP) is 5.00. The smallest absolute Gasteiger partial charge is 0.239 e. The third-order valence-electron chi connectivity index (χ3n) is 3.76. The maximum Gasteiger partial charge on any atom is 0.239 e. The molecule has 2 rings (SSSR count). The highest BCUT2D eigenvalue weighted by molar-refractivity contribution is 6.44. The van der Waals surface area contributed by atoms with E-state index in [-0.39, 0.29) is 5.02 Å². The molecule has 0 saturated heterocycles. The SMILES string of the molecule is CCOc1ccc(NC(=O)C(C)(C)C(=O)Nc2cccc(Cl)c2Cl)cc1. The van der Waals surface area contributed by atoms with Crippen LogP contribution in [0.5, 0.6) is 5.75 Å². The Labute approximate surface area is 162 Å². The van der Waals surface area contributed by atoms with Gasteiger partial charge in [-0.05, 0) is 57.2 Å². The van der Waals surface area contributed by atoms with Crippen molar-refractivity contribution < 1.29 is 14.3 Å². The molecule has 26 heavy (non-hydrogen) atoms. The van der Waals surface area contributed by atoms with Gasteiger partial charge in [-0.1, -0.05) is 29.3 Å². The van der Waals surface area contributed by atoms with Gasteiger partial charge in [0.1, 0.15) is 11.2 Å². The molecule has 0 aliphatic rings. The van der Waals surface area contributed by atoms with Crippen molar-refractivity contribution in [2.75, 3.05) is 17.2 Å². The first-order valence-electron chi connectivity index (χ1n) is 8.05. The fraction of sp³-hybridized carbons (Fsp3) is 0.263. The molecule has 2 aromatic carbocycles. The number of hydrogen-bond acceptors (Lipinski definition) is 3. The molecule has 2 aromatic rings. The summed E-state index contributed by atoms with van der Waals surface area (Å²) in [5.41, 5.74) is -0.407. The van der Waals surface area contributed by atoms with Crippen molar-refractivity contribution in [3.05, 3.63) is 52.5 Å². The van der Waals surface area contributed by atoms with Crippen LogP contribution in [0.3, 0.4) is 0 Å². The molecule has 0 fully saturated rings. The Morgan fingerprint density at radius 1 is 1.00 bits per heavy atom. The van der Waals surface area contributed by atoms with E-state index in [2.05, 4.69) is 10.6 Å². The van der Waals surface area contributed by atoms with Gasteiger partial charge >= 0.3 is 0 Å². The zero-order valence-electron chi connectivity index (χ0n) is 14.7. The number of halogens is 2. The van der Waals surface area contributed by atoms with Gasteiger partial charge in [-0.3, -0.25) is 9.59 Å². The fourth-order valence-electron chi connectivity index (χ4n) is 2.07. The second kappa shape index (κ2) is 8.43. The van der Waals surface area contributed by atoms with Gasteiger partial charge < -0.3 is 15.4 Å². The van der Waals surface area contributed by atoms with Gasteiger partial charge in [-0.2, -0.15) is 0 Å². The summed E-state index contributed by atoms with van der Waals surface area (Å²) in [6, 6.07) is 11.8. The van der Waals surface area contributed by atoms with Crippen LogP contribution in [0.25, 0.3) is 0 Å². The van der Waals surface area contributed by atoms with Crippen molar-refractivity contribution in [3.8, 4) is 5.75 Å². The molecule has 138 valence electrons. The predicted molar refractivity (Wildman–Crippen MR) is 105 cm³/mol. The largest absolute Gasteiger partial charge is 0.494 e. The van der Waals surface area contributed by atoms with E-state index in [9.17, 15) is 9.59 Å². The number of nitrogens with one attached hydrogen (secondary N) is 2. The van der Waals surface area contributed by atoms with Crippen LogP contribution >= 0.6 is 23.2 Å². The van der Waals surface area contributed by atoms with Gasteiger partial charge in [-0.25, -0.2) is 0 Å². The van der Waals surface area contributed by atoms with Crippen LogP contribution in [0.1, 0.15) is 20.8 Å². The zero-order chi connectivity index (χ0) is 19.3. The first kappa shape index (κ1) is 20.1. The molecule has 5 nitrogen and oxygen atoms in total. The van der Waals surface area contributed by atoms with E-state index in [1.54, 1.807) is 42.5 Å². The first-order chi connectivity index (χ1) is 12.3. The lowest BCUT2D eigenvalue weighted by Crippen LogP contribution is -2.41. The van der Waals surface area contributed by atoms with Crippen molar-refractivity contribution >= 4 is 46.4 Å². The number of benzene rings is 2. The van der Waals surface area contributed by atoms with Crippen molar-refractivity contribution in [1.29, 1.82) is 0 Å². The Hall–Kier alpha value is -2.24. The van der Waals surface area contributed by atoms with E-state index in [1.807, 2.05) is 6.92 Å². The third-order valence-corrected chi connectivity index (χ3v) is 4.58. The molecule has 0 spiro atoms. The van der Waals surface area contributed by atoms with Gasteiger partial charge in [0.25, 0.3) is 0 Å². The van der Waals surface area contributed by atoms with Crippen molar-refractivity contribution in [1.82, 2.24) is 0 Å². The molecule has 7 heteroatoms. The Morgan fingerprint density at radius 3 is 2.23 bits per heavy atom. The molecule has 0 aromatic heterocycles. The van der Waals surface area contributed by atoms with Gasteiger partial charge in [0.15, 0.2) is 0 Å². The van der Waals surface area contributed by atoms with Crippen LogP contribution in [0.15, 0.2) is 42.5 Å². The number of carbonyl (C=O) groups excluding carboxylic acids is 2. The van der Waals surface area contributed by atoms with Crippen molar-refractivity contribution in [2.24, 2.45) is 5.41 Å². The van der Waals surface area contributed by atoms with Crippen molar-refractivity contribution in [3.63, 3.8) is 0 Å². The average Bonchev–Trinajstić information content (AvgIpc) is 2.60. The van der Waals surface area contributed by atoms with E-state index in [0.29, 0.717) is 28.8 Å². The van der Waals surface area contributed by atoms with Gasteiger partial charge in [0, 0.05) is 5.69 Å². The number of hydrogen-bond donors (Lipinski definition) is 2. The summed E-state index contributed by atoms with van der Waals surface area (Å²) in [5, 5.41) is 5.93. The quantitative estimate of drug-likeness (QED) is 0.677. The minimum Gasteiger partial charge on any atom is -0.494 e. The van der Waals surface area contributed by atoms with Gasteiger partial charge in [0.2, 0.25) is 11.8 Å². The lowest BCUT2D eigenvalue weighted by Gasteiger charge is -2.23. The highest BCUT2D eigenvalue weighted by atomic mass is 35.5. The molecule has 0 atom stereocenters. The molecule has 0 aliphatic heterocycles. The lowest BCUT2D eigenvalue weighted by molar-refractivity contribution is -0.135. The van der Waals surface area contributed by atoms with Crippen LogP contribution in [-0.2, 0) is 9.59 Å². The molecule has 0 radical (unpaired) electrons. The minimum absolute atomic E-state index is 0.227. The average molecular weight is 395 g/mol. The standard InChI is InChI=1S/C19H20Cl2N2O3/c1-4-26-13-10-8-12(9-11-13)22-17(24)19(2,3)18(25)23-15-7-5-6-14(20)16(15)21/h5-11H,4H2,1-3H3,(H,22,24)(H,23,25). The van der Waals surface area contributed by atoms with E-state index >= 15 is 0 Å². The summed E-state index contributed by atoms with van der Waals surface area (Å²) in [7, 11) is 0. The summed E-state index contributed by atoms with van der Waals surface area (Å²) < 4.78 is 5.36. The Kier molecular flexibility index (Phi) is 6.51. The molecule has 0 bridgehead atoms. The van der Waals surface area contributed by atoms with E-state index < -0.39 is 17.2 Å². The van der Waals surface area contributed by atoms with Crippen LogP contribution in [0, 0.1) is 5.41 Å². The molecule has 0 aliphatic carbocycles. The van der Waals surface area contributed by atoms with Gasteiger partial charge in [-0.15, -0.1) is 0 Å². The molecule has 2 amide bonds. The van der Waals surface area contributed by atoms with Crippen LogP contribution in [0.4, 0.5) is 11.4 Å². The Bertz CT molecular complexity index is 805. The van der Waals surface area contributed by atoms with E-state index in [0.717, 1.165) is 0 Å². The lowest BCUT2D eigenvalue weighted by atomic mass is 9.90. The number of ether oxygens (including phenoxy) is 1. The number of anilines is 2. The van der Waals surface area contributed by atoms with Crippen LogP contribution in [0.2, 0.25) is 10.0 Å². The highest BCUT2D eigenvalue weighted by Crippen LogP contribution is 2.31. The first-order valence-corrected chi connectivity index (χ1v) is 8.81. The number of carbonyl (C=O) groups is 2. The second-order valence-corrected chi connectivity index (χ2v) is 6.88. The number of rotatable bonds is 6. The number of amides is 2. The van der Waals surface area contributed by atoms with E-state index in [1.165, 1.54) is 13.8 Å². The van der Waals surface area contributed by atoms with Gasteiger partial charge in [0.05, 0.1) is 22.3 Å². The third kappa shape index (κ3) is 4.68. The molecular formula is C19H20Cl2N2O3. The Balaban J connectivity index is 2.08. The van der Waals surface area contributed by atoms with Crippen LogP contribution < -0.4 is 15.4 Å². The topological polar surface area (TPSA) is 67.4 Å². The van der Waals surface area contributed by atoms with Crippen molar-refractivity contribution in [2.45, 2.75) is 20.8 Å².